The van der Waals surface area contributed by atoms with Crippen LogP contribution in [-0.4, -0.2) is 54.9 Å². The van der Waals surface area contributed by atoms with Crippen LogP contribution in [0.1, 0.15) is 33.0 Å². The van der Waals surface area contributed by atoms with Gasteiger partial charge in [-0.1, -0.05) is 36.9 Å². The smallest absolute Gasteiger partial charge is 0.254 e. The Labute approximate surface area is 198 Å². The van der Waals surface area contributed by atoms with Crippen LogP contribution in [0, 0.1) is 0 Å². The molecule has 7 nitrogen and oxygen atoms in total. The Bertz CT molecular complexity index is 1280. The minimum Gasteiger partial charge on any atom is -0.493 e. The Balaban J connectivity index is 1.40. The van der Waals surface area contributed by atoms with Crippen LogP contribution in [0.4, 0.5) is 0 Å². The van der Waals surface area contributed by atoms with Crippen LogP contribution in [-0.2, 0) is 0 Å². The van der Waals surface area contributed by atoms with Crippen LogP contribution in [0.3, 0.4) is 0 Å². The van der Waals surface area contributed by atoms with E-state index in [-0.39, 0.29) is 30.7 Å². The molecule has 1 fully saturated rings. The molecular weight excluding hydrogens is 430 g/mol. The maximum absolute atomic E-state index is 13.6. The molecule has 1 saturated heterocycles. The molecule has 3 aliphatic rings. The monoisotopic (exact) mass is 455 g/mol. The first-order chi connectivity index (χ1) is 16.7. The number of benzene rings is 2. The molecule has 7 heteroatoms. The van der Waals surface area contributed by atoms with Gasteiger partial charge in [0, 0.05) is 43.0 Å². The zero-order chi connectivity index (χ0) is 23.2. The number of aromatic nitrogens is 1. The molecule has 0 spiro atoms. The third kappa shape index (κ3) is 3.23. The molecule has 1 aromatic heterocycles. The van der Waals surface area contributed by atoms with Gasteiger partial charge in [0.25, 0.3) is 5.91 Å². The van der Waals surface area contributed by atoms with Crippen LogP contribution in [0.5, 0.6) is 17.2 Å². The van der Waals surface area contributed by atoms with E-state index in [0.717, 1.165) is 22.3 Å². The fraction of sp³-hybridized carbons (Fsp3) is 0.259. The van der Waals surface area contributed by atoms with E-state index in [1.807, 2.05) is 41.3 Å². The number of carbonyl (C=O) groups excluding carboxylic acids is 1. The number of hydrogen-bond acceptors (Lipinski definition) is 6. The maximum Gasteiger partial charge on any atom is 0.254 e. The zero-order valence-electron chi connectivity index (χ0n) is 18.9. The van der Waals surface area contributed by atoms with Crippen LogP contribution < -0.4 is 19.5 Å². The first-order valence-corrected chi connectivity index (χ1v) is 11.4. The number of nitrogens with zero attached hydrogens (tertiary/aromatic N) is 2. The van der Waals surface area contributed by atoms with Crippen molar-refractivity contribution >= 4 is 11.5 Å². The highest BCUT2D eigenvalue weighted by Crippen LogP contribution is 2.47. The number of nitrogens with one attached hydrogen (secondary N) is 1. The molecule has 3 aliphatic heterocycles. The fourth-order valence-electron chi connectivity index (χ4n) is 5.33. The SMILES string of the molecule is C=C(c1ccccc1)[C@H]1CN2C(=O)c3ccncc3[C@H](c3cc(OC)c4c(c3)OCO4)[C@H]2CN1. The molecule has 0 saturated carbocycles. The van der Waals surface area contributed by atoms with Gasteiger partial charge in [0.15, 0.2) is 11.5 Å². The number of ether oxygens (including phenoxy) is 3. The topological polar surface area (TPSA) is 72.9 Å². The molecule has 3 aromatic rings. The van der Waals surface area contributed by atoms with E-state index in [0.29, 0.717) is 35.9 Å². The van der Waals surface area contributed by atoms with Crippen molar-refractivity contribution in [1.82, 2.24) is 15.2 Å². The molecule has 2 aromatic carbocycles. The van der Waals surface area contributed by atoms with Crippen LogP contribution in [0.25, 0.3) is 5.57 Å². The predicted molar refractivity (Wildman–Crippen MR) is 127 cm³/mol. The van der Waals surface area contributed by atoms with Crippen molar-refractivity contribution < 1.29 is 19.0 Å². The summed E-state index contributed by atoms with van der Waals surface area (Å²) < 4.78 is 16.9. The lowest BCUT2D eigenvalue weighted by Gasteiger charge is -2.48. The standard InChI is InChI=1S/C27H25N3O4/c1-16(17-6-4-3-5-7-17)21-14-30-22(13-29-21)25(20-12-28-9-8-19(20)27(30)31)18-10-23(32-2)26-24(11-18)33-15-34-26/h3-12,21-22,25,29H,1,13-15H2,2H3/t21-,22-,25+/m1/s1. The first kappa shape index (κ1) is 20.7. The van der Waals surface area contributed by atoms with Crippen molar-refractivity contribution in [3.8, 4) is 17.2 Å². The van der Waals surface area contributed by atoms with Gasteiger partial charge in [0.05, 0.1) is 13.2 Å². The number of amides is 1. The second-order valence-corrected chi connectivity index (χ2v) is 8.77. The van der Waals surface area contributed by atoms with E-state index in [4.69, 9.17) is 14.2 Å². The predicted octanol–water partition coefficient (Wildman–Crippen LogP) is 3.46. The van der Waals surface area contributed by atoms with Gasteiger partial charge >= 0.3 is 0 Å². The van der Waals surface area contributed by atoms with E-state index in [9.17, 15) is 4.79 Å². The summed E-state index contributed by atoms with van der Waals surface area (Å²) in [5, 5.41) is 3.65. The second kappa shape index (κ2) is 8.18. The Morgan fingerprint density at radius 1 is 1.21 bits per heavy atom. The zero-order valence-corrected chi connectivity index (χ0v) is 18.9. The minimum absolute atomic E-state index is 0.0266. The van der Waals surface area contributed by atoms with E-state index in [1.165, 1.54) is 0 Å². The van der Waals surface area contributed by atoms with E-state index < -0.39 is 0 Å². The largest absolute Gasteiger partial charge is 0.493 e. The van der Waals surface area contributed by atoms with E-state index >= 15 is 0 Å². The Kier molecular flexibility index (Phi) is 4.99. The normalized spacial score (nSPS) is 22.7. The van der Waals surface area contributed by atoms with Gasteiger partial charge in [-0.05, 0) is 40.5 Å². The first-order valence-electron chi connectivity index (χ1n) is 11.4. The summed E-state index contributed by atoms with van der Waals surface area (Å²) in [7, 11) is 1.62. The number of piperazine rings is 1. The number of rotatable bonds is 4. The number of carbonyl (C=O) groups is 1. The summed E-state index contributed by atoms with van der Waals surface area (Å²) in [6.45, 7) is 5.66. The minimum atomic E-state index is -0.0942. The van der Waals surface area contributed by atoms with Crippen molar-refractivity contribution in [3.63, 3.8) is 0 Å². The lowest BCUT2D eigenvalue weighted by molar-refractivity contribution is 0.0551. The molecule has 1 N–H and O–H groups in total. The summed E-state index contributed by atoms with van der Waals surface area (Å²) in [4.78, 5) is 20.0. The van der Waals surface area contributed by atoms with Crippen molar-refractivity contribution in [2.75, 3.05) is 27.0 Å². The van der Waals surface area contributed by atoms with Crippen molar-refractivity contribution in [1.29, 1.82) is 0 Å². The molecule has 3 atom stereocenters. The highest BCUT2D eigenvalue weighted by Gasteiger charge is 2.44. The van der Waals surface area contributed by atoms with E-state index in [2.05, 4.69) is 29.0 Å². The number of methoxy groups -OCH3 is 1. The molecule has 0 bridgehead atoms. The average Bonchev–Trinajstić information content (AvgIpc) is 3.37. The van der Waals surface area contributed by atoms with Gasteiger partial charge in [0.2, 0.25) is 12.5 Å². The van der Waals surface area contributed by atoms with Crippen LogP contribution >= 0.6 is 0 Å². The summed E-state index contributed by atoms with van der Waals surface area (Å²) >= 11 is 0. The lowest BCUT2D eigenvalue weighted by atomic mass is 9.77. The van der Waals surface area contributed by atoms with Crippen molar-refractivity contribution in [2.45, 2.75) is 18.0 Å². The van der Waals surface area contributed by atoms with E-state index in [1.54, 1.807) is 19.5 Å². The van der Waals surface area contributed by atoms with Crippen LogP contribution in [0.2, 0.25) is 0 Å². The van der Waals surface area contributed by atoms with Crippen molar-refractivity contribution in [3.05, 3.63) is 89.8 Å². The number of hydrogen-bond donors (Lipinski definition) is 1. The molecule has 4 heterocycles. The Hall–Kier alpha value is -3.84. The molecule has 6 rings (SSSR count). The quantitative estimate of drug-likeness (QED) is 0.650. The number of pyridine rings is 1. The van der Waals surface area contributed by atoms with Gasteiger partial charge in [-0.2, -0.15) is 0 Å². The second-order valence-electron chi connectivity index (χ2n) is 8.77. The highest BCUT2D eigenvalue weighted by molar-refractivity contribution is 5.98. The van der Waals surface area contributed by atoms with Gasteiger partial charge in [-0.15, -0.1) is 0 Å². The molecule has 172 valence electrons. The average molecular weight is 456 g/mol. The van der Waals surface area contributed by atoms with Gasteiger partial charge in [-0.3, -0.25) is 9.78 Å². The summed E-state index contributed by atoms with van der Waals surface area (Å²) in [5.74, 6) is 1.82. The maximum atomic E-state index is 13.6. The number of fused-ring (bicyclic) bond motifs is 3. The Morgan fingerprint density at radius 3 is 2.88 bits per heavy atom. The molecule has 0 unspecified atom stereocenters. The third-order valence-electron chi connectivity index (χ3n) is 7.02. The third-order valence-corrected chi connectivity index (χ3v) is 7.02. The fourth-order valence-corrected chi connectivity index (χ4v) is 5.33. The summed E-state index contributed by atoms with van der Waals surface area (Å²) in [6.07, 6.45) is 3.48. The Morgan fingerprint density at radius 2 is 2.06 bits per heavy atom. The lowest BCUT2D eigenvalue weighted by Crippen LogP contribution is -2.62. The molecule has 34 heavy (non-hydrogen) atoms. The summed E-state index contributed by atoms with van der Waals surface area (Å²) in [6, 6.07) is 15.8. The van der Waals surface area contributed by atoms with Crippen molar-refractivity contribution in [2.24, 2.45) is 0 Å². The van der Waals surface area contributed by atoms with Crippen LogP contribution in [0.15, 0.2) is 67.5 Å². The van der Waals surface area contributed by atoms with Gasteiger partial charge in [0.1, 0.15) is 0 Å². The highest BCUT2D eigenvalue weighted by atomic mass is 16.7. The molecule has 0 aliphatic carbocycles. The van der Waals surface area contributed by atoms with Gasteiger partial charge < -0.3 is 24.4 Å². The molecule has 1 amide bonds. The van der Waals surface area contributed by atoms with Gasteiger partial charge in [-0.25, -0.2) is 0 Å². The summed E-state index contributed by atoms with van der Waals surface area (Å²) in [5.41, 5.74) is 4.65. The molecular formula is C27H25N3O4. The molecule has 0 radical (unpaired) electrons.